The quantitative estimate of drug-likeness (QED) is 0.751. The van der Waals surface area contributed by atoms with Gasteiger partial charge < -0.3 is 5.32 Å². The van der Waals surface area contributed by atoms with Crippen molar-refractivity contribution in [2.75, 3.05) is 10.0 Å². The van der Waals surface area contributed by atoms with E-state index in [4.69, 9.17) is 0 Å². The maximum atomic E-state index is 12.3. The van der Waals surface area contributed by atoms with Crippen molar-refractivity contribution in [3.8, 4) is 0 Å². The van der Waals surface area contributed by atoms with Gasteiger partial charge in [0.2, 0.25) is 5.91 Å². The molecule has 0 atom stereocenters. The largest absolute Gasteiger partial charge is 0.302 e. The molecule has 3 aromatic heterocycles. The zero-order valence-corrected chi connectivity index (χ0v) is 13.0. The van der Waals surface area contributed by atoms with Gasteiger partial charge in [0, 0.05) is 19.3 Å². The first kappa shape index (κ1) is 14.5. The van der Waals surface area contributed by atoms with E-state index in [-0.39, 0.29) is 15.2 Å². The summed E-state index contributed by atoms with van der Waals surface area (Å²) < 4.78 is 28.7. The molecule has 1 amide bonds. The highest BCUT2D eigenvalue weighted by Crippen LogP contribution is 2.25. The number of hydrogen-bond donors (Lipinski definition) is 2. The lowest BCUT2D eigenvalue weighted by Gasteiger charge is -2.06. The molecule has 10 heteroatoms. The molecule has 114 valence electrons. The number of nitrogens with zero attached hydrogens (tertiary/aromatic N) is 3. The summed E-state index contributed by atoms with van der Waals surface area (Å²) >= 11 is 0.882. The van der Waals surface area contributed by atoms with Crippen LogP contribution in [0.4, 0.5) is 10.8 Å². The minimum Gasteiger partial charge on any atom is -0.302 e. The lowest BCUT2D eigenvalue weighted by atomic mass is 10.4. The number of rotatable bonds is 4. The minimum atomic E-state index is -3.75. The van der Waals surface area contributed by atoms with Gasteiger partial charge >= 0.3 is 0 Å². The van der Waals surface area contributed by atoms with Gasteiger partial charge in [-0.2, -0.15) is 5.10 Å². The van der Waals surface area contributed by atoms with Crippen molar-refractivity contribution in [2.45, 2.75) is 11.1 Å². The lowest BCUT2D eigenvalue weighted by Crippen LogP contribution is -2.11. The molecule has 0 radical (unpaired) electrons. The highest BCUT2D eigenvalue weighted by atomic mass is 32.2. The van der Waals surface area contributed by atoms with Gasteiger partial charge in [-0.25, -0.2) is 17.9 Å². The second-order valence-electron chi connectivity index (χ2n) is 4.39. The van der Waals surface area contributed by atoms with Gasteiger partial charge in [0.15, 0.2) is 9.34 Å². The first-order valence-corrected chi connectivity index (χ1v) is 8.44. The summed E-state index contributed by atoms with van der Waals surface area (Å²) in [5.74, 6) is -0.308. The Morgan fingerprint density at radius 1 is 1.36 bits per heavy atom. The Kier molecular flexibility index (Phi) is 3.54. The van der Waals surface area contributed by atoms with Gasteiger partial charge in [-0.3, -0.25) is 9.52 Å². The molecule has 0 saturated carbocycles. The summed E-state index contributed by atoms with van der Waals surface area (Å²) in [7, 11) is -3.75. The maximum Gasteiger partial charge on any atom is 0.273 e. The average Bonchev–Trinajstić information content (AvgIpc) is 3.06. The van der Waals surface area contributed by atoms with Crippen LogP contribution in [0.1, 0.15) is 6.92 Å². The second-order valence-corrected chi connectivity index (χ2v) is 7.33. The number of aromatic nitrogens is 3. The summed E-state index contributed by atoms with van der Waals surface area (Å²) in [5, 5.41) is 6.72. The fraction of sp³-hybridized carbons (Fsp3) is 0.0833. The van der Waals surface area contributed by atoms with E-state index in [1.54, 1.807) is 35.1 Å². The lowest BCUT2D eigenvalue weighted by molar-refractivity contribution is -0.114. The Morgan fingerprint density at radius 2 is 2.18 bits per heavy atom. The van der Waals surface area contributed by atoms with Crippen LogP contribution in [-0.4, -0.2) is 28.9 Å². The summed E-state index contributed by atoms with van der Waals surface area (Å²) in [4.78, 5) is 14.8. The van der Waals surface area contributed by atoms with Gasteiger partial charge in [-0.15, -0.1) is 0 Å². The number of sulfonamides is 1. The number of amides is 1. The van der Waals surface area contributed by atoms with Crippen molar-refractivity contribution in [3.63, 3.8) is 0 Å². The van der Waals surface area contributed by atoms with E-state index in [0.717, 1.165) is 16.9 Å². The number of nitrogens with one attached hydrogen (secondary N) is 2. The van der Waals surface area contributed by atoms with Crippen LogP contribution in [0.25, 0.3) is 5.52 Å². The first-order chi connectivity index (χ1) is 10.4. The monoisotopic (exact) mass is 337 g/mol. The van der Waals surface area contributed by atoms with Gasteiger partial charge in [0.25, 0.3) is 10.0 Å². The highest BCUT2D eigenvalue weighted by molar-refractivity contribution is 7.94. The van der Waals surface area contributed by atoms with Crippen LogP contribution in [0.3, 0.4) is 0 Å². The zero-order valence-electron chi connectivity index (χ0n) is 11.3. The van der Waals surface area contributed by atoms with Crippen molar-refractivity contribution >= 4 is 43.6 Å². The Morgan fingerprint density at radius 3 is 2.95 bits per heavy atom. The van der Waals surface area contributed by atoms with E-state index in [0.29, 0.717) is 5.69 Å². The molecule has 22 heavy (non-hydrogen) atoms. The van der Waals surface area contributed by atoms with E-state index in [1.165, 1.54) is 13.1 Å². The molecule has 3 heterocycles. The van der Waals surface area contributed by atoms with E-state index < -0.39 is 10.0 Å². The Balaban J connectivity index is 1.86. The molecule has 3 rings (SSSR count). The van der Waals surface area contributed by atoms with Gasteiger partial charge in [-0.1, -0.05) is 11.3 Å². The number of fused-ring (bicyclic) bond motifs is 1. The molecular formula is C12H11N5O3S2. The van der Waals surface area contributed by atoms with E-state index in [9.17, 15) is 13.2 Å². The van der Waals surface area contributed by atoms with E-state index >= 15 is 0 Å². The van der Waals surface area contributed by atoms with Gasteiger partial charge in [0.1, 0.15) is 0 Å². The minimum absolute atomic E-state index is 0.0182. The van der Waals surface area contributed by atoms with E-state index in [1.807, 2.05) is 0 Å². The third-order valence-electron chi connectivity index (χ3n) is 2.68. The molecular weight excluding hydrogens is 326 g/mol. The van der Waals surface area contributed by atoms with Crippen molar-refractivity contribution in [1.82, 2.24) is 14.6 Å². The molecule has 0 saturated heterocycles. The summed E-state index contributed by atoms with van der Waals surface area (Å²) in [5.41, 5.74) is 1.19. The zero-order chi connectivity index (χ0) is 15.7. The predicted molar refractivity (Wildman–Crippen MR) is 82.4 cm³/mol. The average molecular weight is 337 g/mol. The molecule has 0 fully saturated rings. The summed E-state index contributed by atoms with van der Waals surface area (Å²) in [6, 6.07) is 5.03. The highest BCUT2D eigenvalue weighted by Gasteiger charge is 2.18. The topological polar surface area (TPSA) is 105 Å². The molecule has 0 bridgehead atoms. The number of carbonyl (C=O) groups is 1. The number of thiazole rings is 1. The predicted octanol–water partition coefficient (Wildman–Crippen LogP) is 1.55. The third kappa shape index (κ3) is 2.92. The molecule has 0 aliphatic heterocycles. The van der Waals surface area contributed by atoms with Crippen molar-refractivity contribution in [1.29, 1.82) is 0 Å². The number of carbonyl (C=O) groups excluding carboxylic acids is 1. The molecule has 0 aliphatic rings. The van der Waals surface area contributed by atoms with Crippen LogP contribution >= 0.6 is 11.3 Å². The van der Waals surface area contributed by atoms with E-state index in [2.05, 4.69) is 20.1 Å². The Bertz CT molecular complexity index is 944. The number of pyridine rings is 1. The number of anilines is 2. The van der Waals surface area contributed by atoms with Crippen LogP contribution in [0, 0.1) is 0 Å². The van der Waals surface area contributed by atoms with Crippen LogP contribution in [0.2, 0.25) is 0 Å². The first-order valence-electron chi connectivity index (χ1n) is 6.14. The third-order valence-corrected chi connectivity index (χ3v) is 5.44. The molecule has 0 unspecified atom stereocenters. The van der Waals surface area contributed by atoms with Crippen molar-refractivity contribution in [2.24, 2.45) is 0 Å². The SMILES string of the molecule is CC(=O)Nc1ncc(S(=O)(=O)Nc2ccn3nccc3c2)s1. The van der Waals surface area contributed by atoms with Crippen LogP contribution in [-0.2, 0) is 14.8 Å². The maximum absolute atomic E-state index is 12.3. The van der Waals surface area contributed by atoms with Gasteiger partial charge in [-0.05, 0) is 18.2 Å². The molecule has 8 nitrogen and oxygen atoms in total. The number of hydrogen-bond acceptors (Lipinski definition) is 6. The molecule has 0 aromatic carbocycles. The Labute approximate surface area is 129 Å². The normalized spacial score (nSPS) is 11.5. The van der Waals surface area contributed by atoms with Crippen LogP contribution < -0.4 is 10.0 Å². The molecule has 3 aromatic rings. The van der Waals surface area contributed by atoms with Crippen molar-refractivity contribution < 1.29 is 13.2 Å². The fourth-order valence-electron chi connectivity index (χ4n) is 1.78. The summed E-state index contributed by atoms with van der Waals surface area (Å²) in [6.45, 7) is 1.33. The molecule has 2 N–H and O–H groups in total. The van der Waals surface area contributed by atoms with Gasteiger partial charge in [0.05, 0.1) is 17.4 Å². The fourth-order valence-corrected chi connectivity index (χ4v) is 3.91. The summed E-state index contributed by atoms with van der Waals surface area (Å²) in [6.07, 6.45) is 4.48. The van der Waals surface area contributed by atoms with Crippen LogP contribution in [0.15, 0.2) is 41.0 Å². The van der Waals surface area contributed by atoms with Crippen LogP contribution in [0.5, 0.6) is 0 Å². The smallest absolute Gasteiger partial charge is 0.273 e. The second kappa shape index (κ2) is 5.39. The molecule has 0 spiro atoms. The molecule has 0 aliphatic carbocycles. The van der Waals surface area contributed by atoms with Crippen molar-refractivity contribution in [3.05, 3.63) is 36.8 Å². The Hall–Kier alpha value is -2.46. The standard InChI is InChI=1S/C12H11N5O3S2/c1-8(18)15-12-13-7-11(21-12)22(19,20)16-9-3-5-17-10(6-9)2-4-14-17/h2-7,16H,1H3,(H,13,15,18).